The minimum atomic E-state index is -0.682. The highest BCUT2D eigenvalue weighted by atomic mass is 16.5. The Morgan fingerprint density at radius 3 is 3.12 bits per heavy atom. The van der Waals surface area contributed by atoms with E-state index in [0.29, 0.717) is 11.6 Å². The van der Waals surface area contributed by atoms with E-state index in [2.05, 4.69) is 15.8 Å². The van der Waals surface area contributed by atoms with Gasteiger partial charge in [0.05, 0.1) is 6.61 Å². The van der Waals surface area contributed by atoms with Gasteiger partial charge in [0.15, 0.2) is 5.82 Å². The second-order valence-electron chi connectivity index (χ2n) is 3.45. The van der Waals surface area contributed by atoms with Crippen molar-refractivity contribution in [2.75, 3.05) is 18.5 Å². The van der Waals surface area contributed by atoms with Gasteiger partial charge < -0.3 is 19.9 Å². The molecule has 1 aromatic heterocycles. The number of hydrogen-bond acceptors (Lipinski definition) is 5. The second-order valence-corrected chi connectivity index (χ2v) is 3.45. The first-order valence-corrected chi connectivity index (χ1v) is 4.76. The van der Waals surface area contributed by atoms with Crippen LogP contribution in [0, 0.1) is 6.92 Å². The third-order valence-corrected chi connectivity index (χ3v) is 2.05. The third-order valence-electron chi connectivity index (χ3n) is 2.05. The highest BCUT2D eigenvalue weighted by Gasteiger charge is 2.25. The third kappa shape index (κ3) is 2.37. The quantitative estimate of drug-likeness (QED) is 0.703. The molecule has 1 atom stereocenters. The van der Waals surface area contributed by atoms with Gasteiger partial charge in [-0.25, -0.2) is 0 Å². The first-order chi connectivity index (χ1) is 7.65. The van der Waals surface area contributed by atoms with E-state index in [9.17, 15) is 9.59 Å². The molecule has 1 aromatic rings. The van der Waals surface area contributed by atoms with Crippen molar-refractivity contribution in [3.63, 3.8) is 0 Å². The van der Waals surface area contributed by atoms with Crippen molar-refractivity contribution < 1.29 is 18.8 Å². The topological polar surface area (TPSA) is 93.5 Å². The fourth-order valence-electron chi connectivity index (χ4n) is 1.33. The lowest BCUT2D eigenvalue weighted by Gasteiger charge is -2.21. The fraction of sp³-hybridized carbons (Fsp3) is 0.444. The highest BCUT2D eigenvalue weighted by Crippen LogP contribution is 2.08. The SMILES string of the molecule is Cc1cc(NC(=O)C2COCC(=O)N2)no1. The number of hydrogen-bond donors (Lipinski definition) is 2. The number of rotatable bonds is 2. The monoisotopic (exact) mass is 225 g/mol. The van der Waals surface area contributed by atoms with Gasteiger partial charge in [-0.15, -0.1) is 0 Å². The smallest absolute Gasteiger partial charge is 0.250 e. The molecule has 1 fully saturated rings. The van der Waals surface area contributed by atoms with Gasteiger partial charge in [0, 0.05) is 6.07 Å². The largest absolute Gasteiger partial charge is 0.369 e. The van der Waals surface area contributed by atoms with Gasteiger partial charge in [0.2, 0.25) is 5.91 Å². The van der Waals surface area contributed by atoms with Crippen molar-refractivity contribution in [1.82, 2.24) is 10.5 Å². The molecule has 0 aromatic carbocycles. The summed E-state index contributed by atoms with van der Waals surface area (Å²) in [5, 5.41) is 8.63. The van der Waals surface area contributed by atoms with Crippen molar-refractivity contribution in [1.29, 1.82) is 0 Å². The van der Waals surface area contributed by atoms with Crippen LogP contribution >= 0.6 is 0 Å². The zero-order chi connectivity index (χ0) is 11.5. The summed E-state index contributed by atoms with van der Waals surface area (Å²) in [5.74, 6) is 0.241. The molecule has 2 amide bonds. The Kier molecular flexibility index (Phi) is 2.86. The Morgan fingerprint density at radius 2 is 2.50 bits per heavy atom. The molecule has 7 nitrogen and oxygen atoms in total. The van der Waals surface area contributed by atoms with Crippen LogP contribution < -0.4 is 10.6 Å². The van der Waals surface area contributed by atoms with Crippen LogP contribution in [0.4, 0.5) is 5.82 Å². The molecule has 0 bridgehead atoms. The molecule has 2 N–H and O–H groups in total. The van der Waals surface area contributed by atoms with Crippen LogP contribution in [0.25, 0.3) is 0 Å². The molecule has 1 aliphatic rings. The number of ether oxygens (including phenoxy) is 1. The molecule has 1 aliphatic heterocycles. The van der Waals surface area contributed by atoms with Crippen molar-refractivity contribution in [3.8, 4) is 0 Å². The zero-order valence-corrected chi connectivity index (χ0v) is 8.65. The van der Waals surface area contributed by atoms with Gasteiger partial charge in [-0.05, 0) is 6.92 Å². The maximum atomic E-state index is 11.6. The average molecular weight is 225 g/mol. The molecule has 0 aliphatic carbocycles. The minimum Gasteiger partial charge on any atom is -0.369 e. The molecular weight excluding hydrogens is 214 g/mol. The number of morpholine rings is 1. The minimum absolute atomic E-state index is 0.00709. The van der Waals surface area contributed by atoms with Gasteiger partial charge in [-0.1, -0.05) is 5.16 Å². The van der Waals surface area contributed by atoms with E-state index in [0.717, 1.165) is 0 Å². The number of nitrogens with one attached hydrogen (secondary N) is 2. The number of aryl methyl sites for hydroxylation is 1. The maximum Gasteiger partial charge on any atom is 0.250 e. The summed E-state index contributed by atoms with van der Waals surface area (Å²) < 4.78 is 9.73. The lowest BCUT2D eigenvalue weighted by atomic mass is 10.2. The zero-order valence-electron chi connectivity index (χ0n) is 8.65. The molecule has 2 heterocycles. The van der Waals surface area contributed by atoms with Crippen LogP contribution in [0.1, 0.15) is 5.76 Å². The predicted molar refractivity (Wildman–Crippen MR) is 52.6 cm³/mol. The van der Waals surface area contributed by atoms with Gasteiger partial charge >= 0.3 is 0 Å². The Morgan fingerprint density at radius 1 is 1.69 bits per heavy atom. The fourth-order valence-corrected chi connectivity index (χ4v) is 1.33. The van der Waals surface area contributed by atoms with E-state index >= 15 is 0 Å². The summed E-state index contributed by atoms with van der Waals surface area (Å²) in [6, 6.07) is 0.905. The van der Waals surface area contributed by atoms with Crippen LogP contribution in [-0.2, 0) is 14.3 Å². The Balaban J connectivity index is 1.94. The van der Waals surface area contributed by atoms with Gasteiger partial charge in [0.25, 0.3) is 5.91 Å². The van der Waals surface area contributed by atoms with E-state index in [-0.39, 0.29) is 25.0 Å². The van der Waals surface area contributed by atoms with Crippen LogP contribution in [0.2, 0.25) is 0 Å². The Hall–Kier alpha value is -1.89. The highest BCUT2D eigenvalue weighted by molar-refractivity contribution is 5.97. The number of amides is 2. The molecule has 0 spiro atoms. The van der Waals surface area contributed by atoms with Crippen molar-refractivity contribution in [2.24, 2.45) is 0 Å². The van der Waals surface area contributed by atoms with Gasteiger partial charge in [-0.2, -0.15) is 0 Å². The summed E-state index contributed by atoms with van der Waals surface area (Å²) in [5.41, 5.74) is 0. The van der Waals surface area contributed by atoms with Crippen molar-refractivity contribution in [3.05, 3.63) is 11.8 Å². The Bertz CT molecular complexity index is 415. The lowest BCUT2D eigenvalue weighted by Crippen LogP contribution is -2.52. The normalized spacial score (nSPS) is 20.3. The molecule has 1 unspecified atom stereocenters. The van der Waals surface area contributed by atoms with E-state index < -0.39 is 6.04 Å². The maximum absolute atomic E-state index is 11.6. The van der Waals surface area contributed by atoms with Gasteiger partial charge in [-0.3, -0.25) is 9.59 Å². The van der Waals surface area contributed by atoms with E-state index in [1.165, 1.54) is 0 Å². The molecule has 0 radical (unpaired) electrons. The summed E-state index contributed by atoms with van der Waals surface area (Å²) in [6.45, 7) is 1.87. The summed E-state index contributed by atoms with van der Waals surface area (Å²) >= 11 is 0. The number of carbonyl (C=O) groups is 2. The summed E-state index contributed by atoms with van der Waals surface area (Å²) in [4.78, 5) is 22.6. The van der Waals surface area contributed by atoms with Crippen molar-refractivity contribution >= 4 is 17.6 Å². The lowest BCUT2D eigenvalue weighted by molar-refractivity contribution is -0.136. The Labute approximate surface area is 91.1 Å². The van der Waals surface area contributed by atoms with Crippen LogP contribution in [0.15, 0.2) is 10.6 Å². The molecule has 0 saturated carbocycles. The first-order valence-electron chi connectivity index (χ1n) is 4.76. The average Bonchev–Trinajstić information content (AvgIpc) is 2.64. The van der Waals surface area contributed by atoms with Crippen LogP contribution in [0.5, 0.6) is 0 Å². The molecule has 16 heavy (non-hydrogen) atoms. The predicted octanol–water partition coefficient (Wildman–Crippen LogP) is -0.563. The molecule has 7 heteroatoms. The van der Waals surface area contributed by atoms with E-state index in [1.54, 1.807) is 13.0 Å². The molecule has 1 saturated heterocycles. The second kappa shape index (κ2) is 4.31. The number of carbonyl (C=O) groups excluding carboxylic acids is 2. The first kappa shape index (κ1) is 10.6. The number of nitrogens with zero attached hydrogens (tertiary/aromatic N) is 1. The van der Waals surface area contributed by atoms with Gasteiger partial charge in [0.1, 0.15) is 18.4 Å². The van der Waals surface area contributed by atoms with E-state index in [4.69, 9.17) is 9.26 Å². The molecule has 86 valence electrons. The summed E-state index contributed by atoms with van der Waals surface area (Å²) in [6.07, 6.45) is 0. The number of anilines is 1. The van der Waals surface area contributed by atoms with E-state index in [1.807, 2.05) is 0 Å². The van der Waals surface area contributed by atoms with Crippen LogP contribution in [-0.4, -0.2) is 36.2 Å². The van der Waals surface area contributed by atoms with Crippen LogP contribution in [0.3, 0.4) is 0 Å². The number of aromatic nitrogens is 1. The standard InChI is InChI=1S/C9H11N3O4/c1-5-2-7(12-16-5)11-9(14)6-3-15-4-8(13)10-6/h2,6H,3-4H2,1H3,(H,10,13)(H,11,12,14). The van der Waals surface area contributed by atoms with Crippen molar-refractivity contribution in [2.45, 2.75) is 13.0 Å². The molecular formula is C9H11N3O4. The molecule has 2 rings (SSSR count). The summed E-state index contributed by atoms with van der Waals surface area (Å²) in [7, 11) is 0.